The summed E-state index contributed by atoms with van der Waals surface area (Å²) >= 11 is 11.0. The minimum absolute atomic E-state index is 0.318. The van der Waals surface area contributed by atoms with Crippen LogP contribution in [-0.2, 0) is 0 Å². The van der Waals surface area contributed by atoms with Crippen LogP contribution in [0.4, 0.5) is 5.69 Å². The zero-order valence-corrected chi connectivity index (χ0v) is 11.0. The minimum Gasteiger partial charge on any atom is -0.389 e. The first-order valence-corrected chi connectivity index (χ1v) is 5.78. The van der Waals surface area contributed by atoms with Crippen molar-refractivity contribution in [3.63, 3.8) is 0 Å². The quantitative estimate of drug-likeness (QED) is 0.792. The van der Waals surface area contributed by atoms with E-state index in [0.29, 0.717) is 10.0 Å². The topological polar surface area (TPSA) is 41.3 Å². The number of benzene rings is 1. The molecule has 0 radical (unpaired) electrons. The van der Waals surface area contributed by atoms with Gasteiger partial charge in [-0.1, -0.05) is 29.9 Å². The summed E-state index contributed by atoms with van der Waals surface area (Å²) in [5.41, 5.74) is 7.25. The summed E-state index contributed by atoms with van der Waals surface area (Å²) in [6.07, 6.45) is 0. The highest BCUT2D eigenvalue weighted by molar-refractivity contribution is 7.80. The number of nitrogens with one attached hydrogen (secondary N) is 1. The first-order valence-electron chi connectivity index (χ1n) is 4.99. The fraction of sp³-hybridized carbons (Fsp3) is 0.364. The Balaban J connectivity index is 2.79. The fourth-order valence-corrected chi connectivity index (χ4v) is 1.89. The summed E-state index contributed by atoms with van der Waals surface area (Å²) in [6.45, 7) is 1.76. The summed E-state index contributed by atoms with van der Waals surface area (Å²) in [7, 11) is 4.04. The van der Waals surface area contributed by atoms with Crippen LogP contribution in [-0.4, -0.2) is 37.1 Å². The van der Waals surface area contributed by atoms with Crippen LogP contribution in [0.5, 0.6) is 0 Å². The van der Waals surface area contributed by atoms with Gasteiger partial charge in [0.15, 0.2) is 0 Å². The van der Waals surface area contributed by atoms with Crippen molar-refractivity contribution < 1.29 is 0 Å². The van der Waals surface area contributed by atoms with Crippen LogP contribution in [0.1, 0.15) is 5.56 Å². The standard InChI is InChI=1S/C11H16ClN3S/c1-15(2)7-6-14-9-5-3-4-8(12)10(9)11(13)16/h3-5,14H,6-7H2,1-2H3,(H2,13,16). The number of nitrogens with zero attached hydrogens (tertiary/aromatic N) is 1. The molecule has 3 nitrogen and oxygen atoms in total. The van der Waals surface area contributed by atoms with Gasteiger partial charge in [-0.2, -0.15) is 0 Å². The molecule has 0 fully saturated rings. The summed E-state index contributed by atoms with van der Waals surface area (Å²) in [4.78, 5) is 2.41. The highest BCUT2D eigenvalue weighted by Gasteiger charge is 2.08. The molecule has 88 valence electrons. The Hall–Kier alpha value is -0.840. The van der Waals surface area contributed by atoms with Crippen molar-refractivity contribution in [2.75, 3.05) is 32.5 Å². The van der Waals surface area contributed by atoms with Gasteiger partial charge in [-0.15, -0.1) is 0 Å². The van der Waals surface area contributed by atoms with Gasteiger partial charge in [-0.25, -0.2) is 0 Å². The van der Waals surface area contributed by atoms with Crippen molar-refractivity contribution in [2.24, 2.45) is 5.73 Å². The Morgan fingerprint density at radius 3 is 2.75 bits per heavy atom. The smallest absolute Gasteiger partial charge is 0.107 e. The maximum Gasteiger partial charge on any atom is 0.107 e. The SMILES string of the molecule is CN(C)CCNc1cccc(Cl)c1C(N)=S. The molecule has 0 atom stereocenters. The lowest BCUT2D eigenvalue weighted by Crippen LogP contribution is -2.22. The molecule has 1 rings (SSSR count). The van der Waals surface area contributed by atoms with Crippen molar-refractivity contribution in [3.05, 3.63) is 28.8 Å². The number of nitrogens with two attached hydrogens (primary N) is 1. The molecule has 0 unspecified atom stereocenters. The lowest BCUT2D eigenvalue weighted by molar-refractivity contribution is 0.425. The minimum atomic E-state index is 0.318. The summed E-state index contributed by atoms with van der Waals surface area (Å²) in [6, 6.07) is 5.59. The molecule has 0 heterocycles. The molecule has 16 heavy (non-hydrogen) atoms. The average Bonchev–Trinajstić information content (AvgIpc) is 2.16. The normalized spacial score (nSPS) is 10.5. The van der Waals surface area contributed by atoms with E-state index in [2.05, 4.69) is 10.2 Å². The van der Waals surface area contributed by atoms with Gasteiger partial charge < -0.3 is 16.0 Å². The third kappa shape index (κ3) is 3.63. The van der Waals surface area contributed by atoms with E-state index in [0.717, 1.165) is 24.3 Å². The van der Waals surface area contributed by atoms with Crippen molar-refractivity contribution in [1.29, 1.82) is 0 Å². The average molecular weight is 258 g/mol. The molecule has 0 aliphatic heterocycles. The molecule has 0 saturated carbocycles. The first-order chi connectivity index (χ1) is 7.52. The highest BCUT2D eigenvalue weighted by atomic mass is 35.5. The van der Waals surface area contributed by atoms with E-state index < -0.39 is 0 Å². The molecule has 0 aromatic heterocycles. The van der Waals surface area contributed by atoms with E-state index in [1.54, 1.807) is 6.07 Å². The van der Waals surface area contributed by atoms with Crippen LogP contribution in [0.2, 0.25) is 5.02 Å². The van der Waals surface area contributed by atoms with E-state index in [9.17, 15) is 0 Å². The molecular weight excluding hydrogens is 242 g/mol. The molecule has 5 heteroatoms. The van der Waals surface area contributed by atoms with Gasteiger partial charge in [-0.05, 0) is 26.2 Å². The molecule has 0 aliphatic rings. The third-order valence-electron chi connectivity index (χ3n) is 2.13. The van der Waals surface area contributed by atoms with Crippen LogP contribution < -0.4 is 11.1 Å². The Bertz CT molecular complexity index is 379. The predicted octanol–water partition coefficient (Wildman–Crippen LogP) is 1.95. The van der Waals surface area contributed by atoms with Gasteiger partial charge in [0.2, 0.25) is 0 Å². The monoisotopic (exact) mass is 257 g/mol. The maximum atomic E-state index is 6.05. The van der Waals surface area contributed by atoms with Gasteiger partial charge in [0.1, 0.15) is 4.99 Å². The number of hydrogen-bond acceptors (Lipinski definition) is 3. The number of thiocarbonyl (C=S) groups is 1. The van der Waals surface area contributed by atoms with E-state index in [1.807, 2.05) is 26.2 Å². The molecule has 3 N–H and O–H groups in total. The van der Waals surface area contributed by atoms with Gasteiger partial charge in [0.25, 0.3) is 0 Å². The molecule has 0 saturated heterocycles. The predicted molar refractivity (Wildman–Crippen MR) is 74.4 cm³/mol. The summed E-state index contributed by atoms with van der Waals surface area (Å²) in [5, 5.41) is 3.86. The molecular formula is C11H16ClN3S. The Kier molecular flexibility index (Phi) is 4.99. The van der Waals surface area contributed by atoms with E-state index in [1.165, 1.54) is 0 Å². The molecule has 0 aliphatic carbocycles. The molecule has 0 amide bonds. The largest absolute Gasteiger partial charge is 0.389 e. The molecule has 0 spiro atoms. The summed E-state index contributed by atoms with van der Waals surface area (Å²) in [5.74, 6) is 0. The first kappa shape index (κ1) is 13.2. The van der Waals surface area contributed by atoms with E-state index in [4.69, 9.17) is 29.6 Å². The second-order valence-corrected chi connectivity index (χ2v) is 4.60. The van der Waals surface area contributed by atoms with Crippen LogP contribution in [0.25, 0.3) is 0 Å². The van der Waals surface area contributed by atoms with Crippen molar-refractivity contribution >= 4 is 34.5 Å². The van der Waals surface area contributed by atoms with Gasteiger partial charge in [0, 0.05) is 18.8 Å². The highest BCUT2D eigenvalue weighted by Crippen LogP contribution is 2.23. The Labute approximate surface area is 107 Å². The molecule has 1 aromatic rings. The van der Waals surface area contributed by atoms with Crippen LogP contribution in [0, 0.1) is 0 Å². The third-order valence-corrected chi connectivity index (χ3v) is 2.65. The lowest BCUT2D eigenvalue weighted by Gasteiger charge is -2.14. The van der Waals surface area contributed by atoms with Crippen molar-refractivity contribution in [1.82, 2.24) is 4.90 Å². The van der Waals surface area contributed by atoms with Crippen LogP contribution in [0.3, 0.4) is 0 Å². The lowest BCUT2D eigenvalue weighted by atomic mass is 10.1. The zero-order chi connectivity index (χ0) is 12.1. The Morgan fingerprint density at radius 2 is 2.19 bits per heavy atom. The second-order valence-electron chi connectivity index (χ2n) is 3.76. The second kappa shape index (κ2) is 6.03. The van der Waals surface area contributed by atoms with Crippen LogP contribution in [0.15, 0.2) is 18.2 Å². The van der Waals surface area contributed by atoms with E-state index >= 15 is 0 Å². The number of rotatable bonds is 5. The number of likely N-dealkylation sites (N-methyl/N-ethyl adjacent to an activating group) is 1. The fourth-order valence-electron chi connectivity index (χ4n) is 1.34. The number of hydrogen-bond donors (Lipinski definition) is 2. The molecule has 1 aromatic carbocycles. The van der Waals surface area contributed by atoms with Gasteiger partial charge in [0.05, 0.1) is 10.6 Å². The van der Waals surface area contributed by atoms with Gasteiger partial charge >= 0.3 is 0 Å². The van der Waals surface area contributed by atoms with Crippen molar-refractivity contribution in [3.8, 4) is 0 Å². The van der Waals surface area contributed by atoms with Crippen molar-refractivity contribution in [2.45, 2.75) is 0 Å². The van der Waals surface area contributed by atoms with Crippen LogP contribution >= 0.6 is 23.8 Å². The Morgan fingerprint density at radius 1 is 1.50 bits per heavy atom. The summed E-state index contributed by atoms with van der Waals surface area (Å²) < 4.78 is 0. The van der Waals surface area contributed by atoms with Gasteiger partial charge in [-0.3, -0.25) is 0 Å². The van der Waals surface area contributed by atoms with E-state index in [-0.39, 0.29) is 0 Å². The number of anilines is 1. The molecule has 0 bridgehead atoms. The zero-order valence-electron chi connectivity index (χ0n) is 9.46. The maximum absolute atomic E-state index is 6.05. The number of halogens is 1.